The molecule has 36 heavy (non-hydrogen) atoms. The Bertz CT molecular complexity index is 1150. The topological polar surface area (TPSA) is 0 Å². The van der Waals surface area contributed by atoms with Gasteiger partial charge in [-0.2, -0.15) is 0 Å². The standard InChI is InChI=1S/C32H35.3ClH.Ti/c1-20-9-21(2)14-28(13-20)32(31-19-26(7)12-27(31)8,29-15-22(3)10-23(4)16-29)30-17-24(5)11-25(6)18-30;;;;/h9-11,13-18H,19H2,1-8H3;3*1H;/q;;;;+3/p-3. The third-order valence-electron chi connectivity index (χ3n) is 7.11. The van der Waals surface area contributed by atoms with Gasteiger partial charge in [-0.3, -0.25) is 0 Å². The molecular weight excluding hydrogens is 539 g/mol. The molecule has 0 unspecified atom stereocenters. The molecule has 0 radical (unpaired) electrons. The maximum absolute atomic E-state index is 2.42. The van der Waals surface area contributed by atoms with Crippen LogP contribution in [0.1, 0.15) is 70.3 Å². The zero-order valence-corrected chi connectivity index (χ0v) is 26.4. The first-order chi connectivity index (χ1) is 15.5. The summed E-state index contributed by atoms with van der Waals surface area (Å²) in [6.07, 6.45) is 1.02. The molecule has 0 nitrogen and oxygen atoms in total. The molecule has 1 aliphatic rings. The molecule has 1 aliphatic carbocycles. The first kappa shape index (κ1) is 32.8. The first-order valence-corrected chi connectivity index (χ1v) is 12.7. The average molecular weight is 574 g/mol. The minimum atomic E-state index is -0.326. The van der Waals surface area contributed by atoms with Gasteiger partial charge in [0, 0.05) is 0 Å². The van der Waals surface area contributed by atoms with E-state index < -0.39 is 0 Å². The first-order valence-electron chi connectivity index (χ1n) is 11.9. The summed E-state index contributed by atoms with van der Waals surface area (Å²) in [6, 6.07) is 21.4. The second-order valence-electron chi connectivity index (χ2n) is 10.3. The Morgan fingerprint density at radius 3 is 1.00 bits per heavy atom. The number of hydrogen-bond acceptors (Lipinski definition) is 0. The predicted octanol–water partition coefficient (Wildman–Crippen LogP) is -0.575. The molecule has 0 aliphatic heterocycles. The molecule has 0 heterocycles. The molecule has 0 N–H and O–H groups in total. The van der Waals surface area contributed by atoms with Crippen LogP contribution in [0.2, 0.25) is 0 Å². The Labute approximate surface area is 248 Å². The van der Waals surface area contributed by atoms with Crippen molar-refractivity contribution in [1.82, 2.24) is 0 Å². The van der Waals surface area contributed by atoms with Crippen molar-refractivity contribution in [2.45, 2.75) is 67.2 Å². The smallest absolute Gasteiger partial charge is 1.00 e. The van der Waals surface area contributed by atoms with Crippen LogP contribution in [0, 0.1) is 41.5 Å². The fourth-order valence-electron chi connectivity index (χ4n) is 5.97. The molecule has 0 bridgehead atoms. The Kier molecular flexibility index (Phi) is 11.4. The number of benzene rings is 3. The molecule has 4 rings (SSSR count). The minimum absolute atomic E-state index is 0. The fourth-order valence-corrected chi connectivity index (χ4v) is 6.34. The molecular formula is C32H35Cl3Ti. The van der Waals surface area contributed by atoms with Crippen LogP contribution in [0.15, 0.2) is 75.2 Å². The molecule has 4 heteroatoms. The number of halogens is 3. The van der Waals surface area contributed by atoms with E-state index in [0.29, 0.717) is 0 Å². The normalized spacial score (nSPS) is 13.3. The summed E-state index contributed by atoms with van der Waals surface area (Å²) in [5.74, 6) is 0. The fraction of sp³-hybridized carbons (Fsp3) is 0.312. The maximum atomic E-state index is 2.42. The monoisotopic (exact) mass is 572 g/mol. The SMILES string of the molecule is CC1=[C]([Ti+3])C(C)=C(C(c2cc(C)cc(C)c2)(c2cc(C)cc(C)c2)c2cc(C)cc(C)c2)C1.[Cl-].[Cl-].[Cl-]. The summed E-state index contributed by atoms with van der Waals surface area (Å²) in [5.41, 5.74) is 16.2. The zero-order valence-electron chi connectivity index (χ0n) is 22.5. The second kappa shape index (κ2) is 12.5. The van der Waals surface area contributed by atoms with Crippen molar-refractivity contribution in [3.63, 3.8) is 0 Å². The second-order valence-corrected chi connectivity index (χ2v) is 11.1. The molecule has 0 atom stereocenters. The molecule has 0 fully saturated rings. The van der Waals surface area contributed by atoms with Crippen molar-refractivity contribution in [1.29, 1.82) is 0 Å². The van der Waals surface area contributed by atoms with Crippen molar-refractivity contribution in [3.8, 4) is 0 Å². The molecule has 0 spiro atoms. The molecule has 3 aromatic carbocycles. The summed E-state index contributed by atoms with van der Waals surface area (Å²) in [4.78, 5) is 0. The van der Waals surface area contributed by atoms with Gasteiger partial charge in [-0.25, -0.2) is 0 Å². The van der Waals surface area contributed by atoms with E-state index in [4.69, 9.17) is 0 Å². The van der Waals surface area contributed by atoms with Gasteiger partial charge in [0.2, 0.25) is 0 Å². The van der Waals surface area contributed by atoms with E-state index in [1.54, 1.807) is 0 Å². The summed E-state index contributed by atoms with van der Waals surface area (Å²) >= 11 is 2.30. The molecule has 0 aromatic heterocycles. The third kappa shape index (κ3) is 5.90. The van der Waals surface area contributed by atoms with Crippen LogP contribution < -0.4 is 37.2 Å². The summed E-state index contributed by atoms with van der Waals surface area (Å²) in [6.45, 7) is 18.0. The van der Waals surface area contributed by atoms with Crippen LogP contribution in [0.25, 0.3) is 0 Å². The minimum Gasteiger partial charge on any atom is -1.00 e. The molecule has 0 saturated carbocycles. The Hall–Kier alpha value is -1.28. The largest absolute Gasteiger partial charge is 1.00 e. The van der Waals surface area contributed by atoms with Gasteiger partial charge in [0.25, 0.3) is 0 Å². The predicted molar refractivity (Wildman–Crippen MR) is 138 cm³/mol. The van der Waals surface area contributed by atoms with Crippen LogP contribution in [0.4, 0.5) is 0 Å². The molecule has 3 aromatic rings. The van der Waals surface area contributed by atoms with E-state index >= 15 is 0 Å². The third-order valence-corrected chi connectivity index (χ3v) is 8.37. The van der Waals surface area contributed by atoms with Crippen LogP contribution >= 0.6 is 0 Å². The van der Waals surface area contributed by atoms with Crippen LogP contribution in [0.3, 0.4) is 0 Å². The average Bonchev–Trinajstić information content (AvgIpc) is 2.94. The Balaban J connectivity index is 0.00000216. The van der Waals surface area contributed by atoms with Crippen molar-refractivity contribution in [2.24, 2.45) is 0 Å². The van der Waals surface area contributed by atoms with Gasteiger partial charge < -0.3 is 37.2 Å². The number of hydrogen-bond donors (Lipinski definition) is 0. The quantitative estimate of drug-likeness (QED) is 0.290. The zero-order chi connectivity index (χ0) is 24.1. The summed E-state index contributed by atoms with van der Waals surface area (Å²) < 4.78 is 1.45. The molecule has 188 valence electrons. The van der Waals surface area contributed by atoms with Gasteiger partial charge in [-0.05, 0) is 0 Å². The van der Waals surface area contributed by atoms with Crippen LogP contribution in [-0.4, -0.2) is 0 Å². The Morgan fingerprint density at radius 2 is 0.778 bits per heavy atom. The van der Waals surface area contributed by atoms with E-state index in [9.17, 15) is 0 Å². The van der Waals surface area contributed by atoms with Gasteiger partial charge in [0.15, 0.2) is 0 Å². The summed E-state index contributed by atoms with van der Waals surface area (Å²) in [5, 5.41) is 0. The Morgan fingerprint density at radius 1 is 0.500 bits per heavy atom. The van der Waals surface area contributed by atoms with E-state index in [2.05, 4.69) is 130 Å². The van der Waals surface area contributed by atoms with Crippen molar-refractivity contribution < 1.29 is 57.7 Å². The van der Waals surface area contributed by atoms with Crippen molar-refractivity contribution in [3.05, 3.63) is 125 Å². The van der Waals surface area contributed by atoms with Crippen molar-refractivity contribution in [2.75, 3.05) is 0 Å². The van der Waals surface area contributed by atoms with Crippen molar-refractivity contribution >= 4 is 0 Å². The number of aryl methyl sites for hydroxylation is 6. The van der Waals surface area contributed by atoms with E-state index in [0.717, 1.165) is 6.42 Å². The van der Waals surface area contributed by atoms with Gasteiger partial charge in [0.1, 0.15) is 0 Å². The van der Waals surface area contributed by atoms with E-state index in [1.807, 2.05) is 0 Å². The molecule has 0 amide bonds. The number of rotatable bonds is 4. The summed E-state index contributed by atoms with van der Waals surface area (Å²) in [7, 11) is 0. The van der Waals surface area contributed by atoms with Crippen LogP contribution in [-0.2, 0) is 25.9 Å². The molecule has 0 saturated heterocycles. The number of allylic oxidation sites excluding steroid dienone is 4. The van der Waals surface area contributed by atoms with Gasteiger partial charge in [-0.1, -0.05) is 0 Å². The van der Waals surface area contributed by atoms with Gasteiger partial charge >= 0.3 is 213 Å². The van der Waals surface area contributed by atoms with E-state index in [1.165, 1.54) is 70.7 Å². The van der Waals surface area contributed by atoms with E-state index in [-0.39, 0.29) is 42.6 Å². The van der Waals surface area contributed by atoms with Crippen LogP contribution in [0.5, 0.6) is 0 Å². The van der Waals surface area contributed by atoms with Gasteiger partial charge in [0.05, 0.1) is 0 Å². The maximum Gasteiger partial charge on any atom is -1.00 e. The van der Waals surface area contributed by atoms with Gasteiger partial charge in [-0.15, -0.1) is 0 Å².